The van der Waals surface area contributed by atoms with E-state index in [1.54, 1.807) is 0 Å². The highest BCUT2D eigenvalue weighted by molar-refractivity contribution is 6.17. The molecule has 3 nitrogen and oxygen atoms in total. The summed E-state index contributed by atoms with van der Waals surface area (Å²) in [4.78, 5) is 2.31. The van der Waals surface area contributed by atoms with Crippen molar-refractivity contribution >= 4 is 93.3 Å². The molecule has 3 heteroatoms. The Labute approximate surface area is 328 Å². The molecule has 0 radical (unpaired) electrons. The van der Waals surface area contributed by atoms with Gasteiger partial charge in [-0.3, -0.25) is 0 Å². The smallest absolute Gasteiger partial charge is 0.159 e. The van der Waals surface area contributed by atoms with E-state index >= 15 is 0 Å². The van der Waals surface area contributed by atoms with Gasteiger partial charge >= 0.3 is 0 Å². The van der Waals surface area contributed by atoms with E-state index in [1.165, 1.54) is 32.7 Å². The van der Waals surface area contributed by atoms with Gasteiger partial charge in [0.05, 0.1) is 5.69 Å². The predicted molar refractivity (Wildman–Crippen MR) is 239 cm³/mol. The van der Waals surface area contributed by atoms with Crippen LogP contribution in [0.3, 0.4) is 0 Å². The summed E-state index contributed by atoms with van der Waals surface area (Å²) < 4.78 is 13.1. The van der Waals surface area contributed by atoms with Gasteiger partial charge in [-0.2, -0.15) is 0 Å². The van der Waals surface area contributed by atoms with Crippen LogP contribution in [-0.2, 0) is 0 Å². The lowest BCUT2D eigenvalue weighted by Crippen LogP contribution is -2.10. The molecule has 2 heterocycles. The quantitative estimate of drug-likeness (QED) is 0.165. The summed E-state index contributed by atoms with van der Waals surface area (Å²) >= 11 is 0. The Hall–Kier alpha value is -7.62. The molecule has 0 N–H and O–H groups in total. The Morgan fingerprint density at radius 2 is 0.789 bits per heavy atom. The van der Waals surface area contributed by atoms with Crippen molar-refractivity contribution in [1.82, 2.24) is 0 Å². The highest BCUT2D eigenvalue weighted by Crippen LogP contribution is 2.44. The van der Waals surface area contributed by atoms with Gasteiger partial charge in [0.2, 0.25) is 0 Å². The second-order valence-corrected chi connectivity index (χ2v) is 14.9. The van der Waals surface area contributed by atoms with E-state index in [9.17, 15) is 0 Å². The fraction of sp³-hybridized carbons (Fsp3) is 0. The van der Waals surface area contributed by atoms with Gasteiger partial charge < -0.3 is 13.7 Å². The number of fused-ring (bicyclic) bond motifs is 11. The van der Waals surface area contributed by atoms with Crippen LogP contribution in [0.25, 0.3) is 98.4 Å². The SMILES string of the molecule is c1ccc2c(c1)ccc1cc(-c3ccc(N(c4ccc(-c5ccc6c(c5)oc5ccccc56)cc4)c4cccc5c4oc4c6ccccc6ccc54)cc3)ccc12. The van der Waals surface area contributed by atoms with Crippen LogP contribution in [0.2, 0.25) is 0 Å². The van der Waals surface area contributed by atoms with Crippen molar-refractivity contribution in [3.63, 3.8) is 0 Å². The van der Waals surface area contributed by atoms with E-state index in [2.05, 4.69) is 193 Å². The Morgan fingerprint density at radius 1 is 0.281 bits per heavy atom. The van der Waals surface area contributed by atoms with Crippen LogP contribution >= 0.6 is 0 Å². The molecule has 0 saturated heterocycles. The van der Waals surface area contributed by atoms with Gasteiger partial charge in [0.25, 0.3) is 0 Å². The monoisotopic (exact) mass is 727 g/mol. The largest absolute Gasteiger partial charge is 0.456 e. The molecule has 10 aromatic carbocycles. The number of furan rings is 2. The highest BCUT2D eigenvalue weighted by atomic mass is 16.3. The average Bonchev–Trinajstić information content (AvgIpc) is 3.86. The zero-order valence-corrected chi connectivity index (χ0v) is 30.8. The van der Waals surface area contributed by atoms with Crippen LogP contribution in [0.15, 0.2) is 209 Å². The first-order chi connectivity index (χ1) is 28.2. The summed E-state index contributed by atoms with van der Waals surface area (Å²) in [5, 5.41) is 11.8. The van der Waals surface area contributed by atoms with Crippen LogP contribution in [0.4, 0.5) is 17.1 Å². The van der Waals surface area contributed by atoms with Crippen molar-refractivity contribution in [1.29, 1.82) is 0 Å². The molecule has 0 amide bonds. The minimum Gasteiger partial charge on any atom is -0.456 e. The van der Waals surface area contributed by atoms with E-state index < -0.39 is 0 Å². The van der Waals surface area contributed by atoms with Crippen molar-refractivity contribution in [3.05, 3.63) is 200 Å². The maximum atomic E-state index is 6.89. The summed E-state index contributed by atoms with van der Waals surface area (Å²) in [6.45, 7) is 0. The number of para-hydroxylation sites is 2. The number of nitrogens with zero attached hydrogens (tertiary/aromatic N) is 1. The molecule has 0 aliphatic carbocycles. The van der Waals surface area contributed by atoms with E-state index in [0.29, 0.717) is 0 Å². The summed E-state index contributed by atoms with van der Waals surface area (Å²) in [6.07, 6.45) is 0. The predicted octanol–water partition coefficient (Wildman–Crippen LogP) is 15.7. The molecular weight excluding hydrogens is 695 g/mol. The first kappa shape index (κ1) is 31.7. The highest BCUT2D eigenvalue weighted by Gasteiger charge is 2.21. The fourth-order valence-electron chi connectivity index (χ4n) is 8.82. The van der Waals surface area contributed by atoms with Crippen LogP contribution in [0.5, 0.6) is 0 Å². The molecule has 266 valence electrons. The molecule has 0 fully saturated rings. The molecule has 0 unspecified atom stereocenters. The van der Waals surface area contributed by atoms with Gasteiger partial charge in [-0.1, -0.05) is 140 Å². The lowest BCUT2D eigenvalue weighted by molar-refractivity contribution is 0.669. The van der Waals surface area contributed by atoms with Gasteiger partial charge in [-0.25, -0.2) is 0 Å². The molecule has 57 heavy (non-hydrogen) atoms. The van der Waals surface area contributed by atoms with Crippen molar-refractivity contribution < 1.29 is 8.83 Å². The second kappa shape index (κ2) is 12.5. The first-order valence-electron chi connectivity index (χ1n) is 19.4. The summed E-state index contributed by atoms with van der Waals surface area (Å²) in [5.74, 6) is 0. The molecule has 0 spiro atoms. The number of benzene rings is 10. The normalized spacial score (nSPS) is 11.9. The Balaban J connectivity index is 0.984. The van der Waals surface area contributed by atoms with Gasteiger partial charge in [0.15, 0.2) is 5.58 Å². The Bertz CT molecular complexity index is 3520. The first-order valence-corrected chi connectivity index (χ1v) is 19.4. The van der Waals surface area contributed by atoms with Crippen molar-refractivity contribution in [2.45, 2.75) is 0 Å². The Kier molecular flexibility index (Phi) is 6.93. The van der Waals surface area contributed by atoms with Gasteiger partial charge in [0, 0.05) is 38.3 Å². The minimum atomic E-state index is 0.856. The zero-order chi connectivity index (χ0) is 37.5. The molecule has 12 aromatic rings. The summed E-state index contributed by atoms with van der Waals surface area (Å²) in [5.41, 5.74) is 11.2. The van der Waals surface area contributed by atoms with Gasteiger partial charge in [-0.05, 0) is 110 Å². The molecule has 0 saturated carbocycles. The molecule has 0 atom stereocenters. The lowest BCUT2D eigenvalue weighted by atomic mass is 9.97. The van der Waals surface area contributed by atoms with Crippen molar-refractivity contribution in [2.24, 2.45) is 0 Å². The summed E-state index contributed by atoms with van der Waals surface area (Å²) in [6, 6.07) is 71.6. The van der Waals surface area contributed by atoms with Gasteiger partial charge in [-0.15, -0.1) is 0 Å². The second-order valence-electron chi connectivity index (χ2n) is 14.9. The number of anilines is 3. The van der Waals surface area contributed by atoms with E-state index in [1.807, 2.05) is 12.1 Å². The van der Waals surface area contributed by atoms with Crippen LogP contribution in [-0.4, -0.2) is 0 Å². The topological polar surface area (TPSA) is 29.5 Å². The third kappa shape index (κ3) is 5.06. The van der Waals surface area contributed by atoms with Crippen LogP contribution < -0.4 is 4.90 Å². The molecule has 0 aliphatic rings. The van der Waals surface area contributed by atoms with Crippen LogP contribution in [0, 0.1) is 0 Å². The lowest BCUT2D eigenvalue weighted by Gasteiger charge is -2.26. The third-order valence-electron chi connectivity index (χ3n) is 11.7. The molecule has 2 aromatic heterocycles. The van der Waals surface area contributed by atoms with E-state index in [0.717, 1.165) is 82.8 Å². The number of hydrogen-bond acceptors (Lipinski definition) is 3. The number of rotatable bonds is 5. The van der Waals surface area contributed by atoms with E-state index in [4.69, 9.17) is 8.83 Å². The van der Waals surface area contributed by atoms with Gasteiger partial charge in [0.1, 0.15) is 16.7 Å². The number of hydrogen-bond donors (Lipinski definition) is 0. The molecular formula is C54H33NO2. The summed E-state index contributed by atoms with van der Waals surface area (Å²) in [7, 11) is 0. The molecule has 12 rings (SSSR count). The van der Waals surface area contributed by atoms with Crippen LogP contribution in [0.1, 0.15) is 0 Å². The molecule has 0 bridgehead atoms. The maximum absolute atomic E-state index is 6.89. The maximum Gasteiger partial charge on any atom is 0.159 e. The van der Waals surface area contributed by atoms with E-state index in [-0.39, 0.29) is 0 Å². The Morgan fingerprint density at radius 3 is 1.56 bits per heavy atom. The average molecular weight is 728 g/mol. The standard InChI is InChI=1S/C54H33NO2/c1-3-10-43-36(8-1)16-17-40-32-38(23-29-44(40)43)34-18-25-41(26-19-34)55(50-14-7-13-48-49-31-22-37-9-2-4-11-45(37)53(49)57-54(48)50)42-27-20-35(21-28-42)39-24-30-47-46-12-5-6-15-51(46)56-52(47)33-39/h1-33H. The van der Waals surface area contributed by atoms with Crippen molar-refractivity contribution in [3.8, 4) is 22.3 Å². The van der Waals surface area contributed by atoms with Crippen molar-refractivity contribution in [2.75, 3.05) is 4.90 Å². The zero-order valence-electron chi connectivity index (χ0n) is 30.8. The minimum absolute atomic E-state index is 0.856. The third-order valence-corrected chi connectivity index (χ3v) is 11.7. The fourth-order valence-corrected chi connectivity index (χ4v) is 8.82. The molecule has 0 aliphatic heterocycles.